The summed E-state index contributed by atoms with van der Waals surface area (Å²) in [4.78, 5) is 22.8. The van der Waals surface area contributed by atoms with Gasteiger partial charge in [0.2, 0.25) is 0 Å². The summed E-state index contributed by atoms with van der Waals surface area (Å²) >= 11 is 8.13. The third kappa shape index (κ3) is 4.62. The SMILES string of the molecule is Cc1nc(CN(C)C)nc(N2CCOC3=CCC(C4C=c5nc(N)sc5=NC4)C=C3C2)c1Cl. The van der Waals surface area contributed by atoms with Gasteiger partial charge in [0.15, 0.2) is 10.9 Å². The number of aryl methyl sites for hydroxylation is 1. The molecule has 0 aromatic carbocycles. The second-order valence-corrected chi connectivity index (χ2v) is 10.3. The zero-order valence-corrected chi connectivity index (χ0v) is 20.7. The topological polar surface area (TPSA) is 92.8 Å². The number of anilines is 2. The first-order valence-corrected chi connectivity index (χ1v) is 12.3. The number of hydrogen-bond acceptors (Lipinski definition) is 9. The highest BCUT2D eigenvalue weighted by molar-refractivity contribution is 7.12. The first-order valence-electron chi connectivity index (χ1n) is 11.1. The van der Waals surface area contributed by atoms with E-state index in [-0.39, 0.29) is 5.92 Å². The van der Waals surface area contributed by atoms with E-state index in [9.17, 15) is 0 Å². The van der Waals surface area contributed by atoms with Crippen molar-refractivity contribution in [2.24, 2.45) is 16.8 Å². The molecular formula is C23H28ClN7OS. The molecule has 3 aliphatic rings. The van der Waals surface area contributed by atoms with Crippen molar-refractivity contribution in [1.29, 1.82) is 0 Å². The van der Waals surface area contributed by atoms with Gasteiger partial charge < -0.3 is 20.3 Å². The quantitative estimate of drug-likeness (QED) is 0.707. The van der Waals surface area contributed by atoms with Crippen LogP contribution in [0.15, 0.2) is 28.5 Å². The molecule has 1 aliphatic carbocycles. The average Bonchev–Trinajstić information content (AvgIpc) is 3.01. The number of nitrogen functional groups attached to an aromatic ring is 1. The minimum absolute atomic E-state index is 0.289. The van der Waals surface area contributed by atoms with Gasteiger partial charge >= 0.3 is 0 Å². The molecule has 0 spiro atoms. The number of nitrogens with zero attached hydrogens (tertiary/aromatic N) is 6. The van der Waals surface area contributed by atoms with Gasteiger partial charge in [0, 0.05) is 24.6 Å². The molecule has 5 rings (SSSR count). The lowest BCUT2D eigenvalue weighted by molar-refractivity contribution is 0.231. The second-order valence-electron chi connectivity index (χ2n) is 8.94. The normalized spacial score (nSPS) is 22.3. The van der Waals surface area contributed by atoms with E-state index in [0.29, 0.717) is 42.3 Å². The van der Waals surface area contributed by atoms with Gasteiger partial charge in [-0.3, -0.25) is 4.99 Å². The van der Waals surface area contributed by atoms with Crippen molar-refractivity contribution < 1.29 is 4.74 Å². The van der Waals surface area contributed by atoms with Gasteiger partial charge in [-0.15, -0.1) is 0 Å². The van der Waals surface area contributed by atoms with Crippen molar-refractivity contribution in [3.8, 4) is 0 Å². The maximum Gasteiger partial charge on any atom is 0.182 e. The van der Waals surface area contributed by atoms with E-state index in [4.69, 9.17) is 32.0 Å². The van der Waals surface area contributed by atoms with E-state index < -0.39 is 0 Å². The summed E-state index contributed by atoms with van der Waals surface area (Å²) in [5.74, 6) is 3.13. The lowest BCUT2D eigenvalue weighted by Crippen LogP contribution is -2.32. The monoisotopic (exact) mass is 485 g/mol. The largest absolute Gasteiger partial charge is 0.492 e. The molecule has 2 aromatic rings. The molecule has 1 fully saturated rings. The van der Waals surface area contributed by atoms with Gasteiger partial charge in [-0.05, 0) is 45.5 Å². The van der Waals surface area contributed by atoms with Crippen LogP contribution in [0.4, 0.5) is 10.9 Å². The highest BCUT2D eigenvalue weighted by Crippen LogP contribution is 2.34. The fourth-order valence-electron chi connectivity index (χ4n) is 4.52. The number of aromatic nitrogens is 3. The van der Waals surface area contributed by atoms with Crippen LogP contribution in [0.5, 0.6) is 0 Å². The summed E-state index contributed by atoms with van der Waals surface area (Å²) < 4.78 is 7.05. The minimum Gasteiger partial charge on any atom is -0.492 e. The molecule has 0 amide bonds. The van der Waals surface area contributed by atoms with Crippen LogP contribution in [0.2, 0.25) is 5.02 Å². The van der Waals surface area contributed by atoms with Gasteiger partial charge in [-0.1, -0.05) is 29.0 Å². The Labute approximate surface area is 202 Å². The molecule has 8 nitrogen and oxygen atoms in total. The van der Waals surface area contributed by atoms with Gasteiger partial charge in [0.1, 0.15) is 27.9 Å². The fourth-order valence-corrected chi connectivity index (χ4v) is 5.43. The molecule has 2 atom stereocenters. The lowest BCUT2D eigenvalue weighted by atomic mass is 9.83. The average molecular weight is 486 g/mol. The maximum absolute atomic E-state index is 6.68. The second kappa shape index (κ2) is 9.04. The van der Waals surface area contributed by atoms with E-state index >= 15 is 0 Å². The number of ether oxygens (including phenoxy) is 1. The number of nitrogens with two attached hydrogens (primary N) is 1. The zero-order chi connectivity index (χ0) is 23.1. The Hall–Kier alpha value is -2.49. The van der Waals surface area contributed by atoms with Crippen LogP contribution in [0.1, 0.15) is 17.9 Å². The Morgan fingerprint density at radius 3 is 2.91 bits per heavy atom. The van der Waals surface area contributed by atoms with Crippen molar-refractivity contribution in [3.63, 3.8) is 0 Å². The van der Waals surface area contributed by atoms with Crippen LogP contribution < -0.4 is 20.7 Å². The van der Waals surface area contributed by atoms with Gasteiger partial charge in [0.25, 0.3) is 0 Å². The van der Waals surface area contributed by atoms with Crippen LogP contribution in [0.25, 0.3) is 6.08 Å². The Bertz CT molecular complexity index is 1250. The van der Waals surface area contributed by atoms with E-state index in [1.165, 1.54) is 16.9 Å². The molecule has 33 heavy (non-hydrogen) atoms. The predicted octanol–water partition coefficient (Wildman–Crippen LogP) is 1.94. The van der Waals surface area contributed by atoms with E-state index in [0.717, 1.165) is 46.1 Å². The standard InChI is InChI=1S/C23H28ClN7OS/c1-13-20(24)21(29-19(27-13)12-30(2)3)31-6-7-32-18-5-4-14(8-16(18)11-31)15-9-17-22(26-10-15)33-23(25)28-17/h5,8-9,14-15H,4,6-7,10-12H2,1-3H3,(H2,25,28). The third-order valence-corrected chi connectivity index (χ3v) is 7.38. The van der Waals surface area contributed by atoms with Crippen molar-refractivity contribution >= 4 is 40.0 Å². The van der Waals surface area contributed by atoms with Crippen molar-refractivity contribution in [1.82, 2.24) is 19.9 Å². The molecule has 0 saturated carbocycles. The van der Waals surface area contributed by atoms with Gasteiger partial charge in [-0.25, -0.2) is 15.0 Å². The molecule has 174 valence electrons. The zero-order valence-electron chi connectivity index (χ0n) is 19.1. The highest BCUT2D eigenvalue weighted by atomic mass is 35.5. The highest BCUT2D eigenvalue weighted by Gasteiger charge is 2.28. The molecule has 2 unspecified atom stereocenters. The smallest absolute Gasteiger partial charge is 0.182 e. The number of rotatable bonds is 4. The molecule has 1 saturated heterocycles. The Kier molecular flexibility index (Phi) is 6.11. The summed E-state index contributed by atoms with van der Waals surface area (Å²) in [6.45, 7) is 5.34. The van der Waals surface area contributed by atoms with E-state index in [1.807, 2.05) is 21.0 Å². The Morgan fingerprint density at radius 1 is 1.24 bits per heavy atom. The third-order valence-electron chi connectivity index (χ3n) is 6.11. The van der Waals surface area contributed by atoms with Gasteiger partial charge in [-0.2, -0.15) is 0 Å². The molecule has 0 radical (unpaired) electrons. The Morgan fingerprint density at radius 2 is 2.09 bits per heavy atom. The Balaban J connectivity index is 1.42. The predicted molar refractivity (Wildman–Crippen MR) is 132 cm³/mol. The molecular weight excluding hydrogens is 458 g/mol. The number of thiazole rings is 1. The van der Waals surface area contributed by atoms with Gasteiger partial charge in [0.05, 0.1) is 24.1 Å². The molecule has 0 bridgehead atoms. The van der Waals surface area contributed by atoms with Crippen LogP contribution in [0.3, 0.4) is 0 Å². The molecule has 10 heteroatoms. The van der Waals surface area contributed by atoms with Crippen LogP contribution in [-0.4, -0.2) is 60.2 Å². The summed E-state index contributed by atoms with van der Waals surface area (Å²) in [6.07, 6.45) is 7.70. The van der Waals surface area contributed by atoms with Crippen LogP contribution in [0, 0.1) is 18.8 Å². The van der Waals surface area contributed by atoms with Crippen molar-refractivity contribution in [2.45, 2.75) is 19.9 Å². The minimum atomic E-state index is 0.289. The fraction of sp³-hybridized carbons (Fsp3) is 0.478. The van der Waals surface area contributed by atoms with E-state index in [1.54, 1.807) is 0 Å². The van der Waals surface area contributed by atoms with Crippen molar-refractivity contribution in [3.05, 3.63) is 50.0 Å². The van der Waals surface area contributed by atoms with Crippen LogP contribution in [-0.2, 0) is 11.3 Å². The molecule has 4 heterocycles. The number of allylic oxidation sites excluding steroid dienone is 2. The van der Waals surface area contributed by atoms with E-state index in [2.05, 4.69) is 38.0 Å². The maximum atomic E-state index is 6.68. The number of fused-ring (bicyclic) bond motifs is 2. The first kappa shape index (κ1) is 22.3. The molecule has 2 N–H and O–H groups in total. The first-order chi connectivity index (χ1) is 15.9. The van der Waals surface area contributed by atoms with Crippen LogP contribution >= 0.6 is 22.9 Å². The molecule has 2 aromatic heterocycles. The molecule has 2 aliphatic heterocycles. The number of halogens is 1. The summed E-state index contributed by atoms with van der Waals surface area (Å²) in [5.41, 5.74) is 7.84. The summed E-state index contributed by atoms with van der Waals surface area (Å²) in [6, 6.07) is 0. The lowest BCUT2D eigenvalue weighted by Gasteiger charge is -2.27. The number of hydrogen-bond donors (Lipinski definition) is 1. The summed E-state index contributed by atoms with van der Waals surface area (Å²) in [5, 5.41) is 2.09. The van der Waals surface area contributed by atoms with Crippen molar-refractivity contribution in [2.75, 3.05) is 51.0 Å². The summed E-state index contributed by atoms with van der Waals surface area (Å²) in [7, 11) is 4.02.